The number of aliphatic hydroxyl groups excluding tert-OH is 4. The summed E-state index contributed by atoms with van der Waals surface area (Å²) in [5.74, 6) is 0. The lowest BCUT2D eigenvalue weighted by Crippen LogP contribution is -2.62. The number of anilines is 4. The molecule has 8 aromatic rings. The fraction of sp³-hybridized carbons (Fsp3) is 0.524. The van der Waals surface area contributed by atoms with Gasteiger partial charge in [0.2, 0.25) is 0 Å². The van der Waals surface area contributed by atoms with Crippen LogP contribution in [0.15, 0.2) is 184 Å². The molecule has 0 spiro atoms. The lowest BCUT2D eigenvalue weighted by Gasteiger charge is -2.46. The van der Waals surface area contributed by atoms with E-state index in [4.69, 9.17) is 0 Å². The molecule has 8 saturated heterocycles. The molecule has 0 bridgehead atoms. The maximum Gasteiger partial charge on any atom is 0.252 e. The second kappa shape index (κ2) is 37.7. The standard InChI is InChI=1S/4C21H29N3O4S2/c4*1-21(2,26)16-5-7-17(8-6-16)24-10-9-23(30(27,28)20-4-3-11-29-20)13-18(24)12-22-14-19(25)15-22/h4*3-8,11,18-19,25-26H,9-10,12-15H2,1-2H3/t4*18-/m1100/s1. The minimum Gasteiger partial charge on any atom is -0.390 e. The molecule has 0 radical (unpaired) electrons. The zero-order valence-corrected chi connectivity index (χ0v) is 75.8. The van der Waals surface area contributed by atoms with Gasteiger partial charge in [0, 0.05) is 180 Å². The van der Waals surface area contributed by atoms with Gasteiger partial charge in [0.1, 0.15) is 16.8 Å². The molecule has 8 fully saturated rings. The van der Waals surface area contributed by atoms with E-state index in [-0.39, 0.29) is 48.6 Å². The average molecular weight is 1810 g/mol. The third kappa shape index (κ3) is 22.1. The second-order valence-corrected chi connectivity index (χ2v) is 46.9. The van der Waals surface area contributed by atoms with E-state index in [1.165, 1.54) is 45.3 Å². The van der Waals surface area contributed by atoms with E-state index in [0.29, 0.717) is 174 Å². The molecule has 0 aliphatic carbocycles. The summed E-state index contributed by atoms with van der Waals surface area (Å²) in [6.45, 7) is 27.5. The largest absolute Gasteiger partial charge is 0.390 e. The summed E-state index contributed by atoms with van der Waals surface area (Å²) >= 11 is 4.98. The van der Waals surface area contributed by atoms with Crippen LogP contribution in [0.5, 0.6) is 0 Å². The minimum atomic E-state index is -3.49. The summed E-state index contributed by atoms with van der Waals surface area (Å²) in [6, 6.07) is 44.9. The fourth-order valence-electron chi connectivity index (χ4n) is 16.5. The van der Waals surface area contributed by atoms with Crippen molar-refractivity contribution in [2.45, 2.75) is 143 Å². The molecule has 4 atom stereocenters. The molecular weight excluding hydrogens is 1690 g/mol. The van der Waals surface area contributed by atoms with Crippen molar-refractivity contribution < 1.29 is 74.5 Å². The van der Waals surface area contributed by atoms with Gasteiger partial charge in [0.05, 0.1) is 71.0 Å². The van der Waals surface area contributed by atoms with Crippen LogP contribution in [0, 0.1) is 0 Å². The number of likely N-dealkylation sites (tertiary alicyclic amines) is 4. The van der Waals surface area contributed by atoms with Crippen LogP contribution in [0.25, 0.3) is 0 Å². The topological polar surface area (TPSA) is 337 Å². The number of hydrogen-bond donors (Lipinski definition) is 8. The van der Waals surface area contributed by atoms with Crippen molar-refractivity contribution in [3.8, 4) is 0 Å². The lowest BCUT2D eigenvalue weighted by atomic mass is 9.98. The Morgan fingerprint density at radius 3 is 0.592 bits per heavy atom. The highest BCUT2D eigenvalue weighted by Crippen LogP contribution is 2.37. The third-order valence-corrected chi connectivity index (χ3v) is 36.3. The molecule has 8 aliphatic rings. The highest BCUT2D eigenvalue weighted by molar-refractivity contribution is 7.92. The van der Waals surface area contributed by atoms with Gasteiger partial charge >= 0.3 is 0 Å². The van der Waals surface area contributed by atoms with Crippen LogP contribution < -0.4 is 19.6 Å². The molecule has 16 rings (SSSR count). The molecule has 28 nitrogen and oxygen atoms in total. The first-order chi connectivity index (χ1) is 56.6. The predicted octanol–water partition coefficient (Wildman–Crippen LogP) is 6.13. The zero-order chi connectivity index (χ0) is 86.1. The van der Waals surface area contributed by atoms with Gasteiger partial charge in [-0.1, -0.05) is 72.8 Å². The summed E-state index contributed by atoms with van der Waals surface area (Å²) in [5, 5.41) is 86.7. The van der Waals surface area contributed by atoms with Gasteiger partial charge in [0.15, 0.2) is 0 Å². The Morgan fingerprint density at radius 2 is 0.450 bits per heavy atom. The molecule has 0 saturated carbocycles. The molecule has 120 heavy (non-hydrogen) atoms. The smallest absolute Gasteiger partial charge is 0.252 e. The van der Waals surface area contributed by atoms with Crippen LogP contribution in [-0.2, 0) is 62.5 Å². The predicted molar refractivity (Wildman–Crippen MR) is 473 cm³/mol. The van der Waals surface area contributed by atoms with Gasteiger partial charge in [-0.05, 0) is 172 Å². The first-order valence-electron chi connectivity index (χ1n) is 40.7. The molecule has 656 valence electrons. The minimum absolute atomic E-state index is 0.0195. The third-order valence-electron chi connectivity index (χ3n) is 23.4. The van der Waals surface area contributed by atoms with Gasteiger partial charge < -0.3 is 60.5 Å². The molecule has 12 heterocycles. The molecule has 8 N–H and O–H groups in total. The molecule has 4 aromatic heterocycles. The van der Waals surface area contributed by atoms with Crippen molar-refractivity contribution >= 4 is 108 Å². The number of benzene rings is 4. The monoisotopic (exact) mass is 1800 g/mol. The first-order valence-corrected chi connectivity index (χ1v) is 50.0. The highest BCUT2D eigenvalue weighted by atomic mass is 32.3. The summed E-state index contributed by atoms with van der Waals surface area (Å²) in [4.78, 5) is 17.6. The van der Waals surface area contributed by atoms with E-state index in [0.717, 1.165) is 45.0 Å². The maximum atomic E-state index is 13.0. The van der Waals surface area contributed by atoms with E-state index >= 15 is 0 Å². The molecule has 0 amide bonds. The van der Waals surface area contributed by atoms with Crippen LogP contribution in [0.2, 0.25) is 0 Å². The van der Waals surface area contributed by atoms with Crippen molar-refractivity contribution in [1.82, 2.24) is 36.8 Å². The summed E-state index contributed by atoms with van der Waals surface area (Å²) in [7, 11) is -14.0. The SMILES string of the molecule is CC(C)(O)c1ccc(N2CCN(S(=O)(=O)c3cccs3)C[C@@H]2CN2CC(O)C2)cc1.CC(C)(O)c1ccc(N2CCN(S(=O)(=O)c3cccs3)C[C@@H]2CN2CC(O)C2)cc1.CC(C)(O)c1ccc(N2CCN(S(=O)(=O)c3cccs3)C[C@H]2CN2CC(O)C2)cc1.CC(C)(O)c1ccc(N2CCN(S(=O)(=O)c3cccs3)C[C@H]2CN2CC(O)C2)cc1. The normalized spacial score (nSPS) is 22.3. The van der Waals surface area contributed by atoms with E-state index in [9.17, 15) is 74.5 Å². The van der Waals surface area contributed by atoms with Crippen molar-refractivity contribution in [3.05, 3.63) is 189 Å². The number of piperazine rings is 4. The number of hydrogen-bond acceptors (Lipinski definition) is 28. The summed E-state index contributed by atoms with van der Waals surface area (Å²) in [5.41, 5.74) is 3.81. The molecule has 8 aliphatic heterocycles. The number of β-amino-alcohol motifs (C(OH)–C–C–N with tert-alkyl or cyclic N) is 4. The van der Waals surface area contributed by atoms with E-state index < -0.39 is 62.5 Å². The Bertz CT molecular complexity index is 4440. The summed E-state index contributed by atoms with van der Waals surface area (Å²) in [6.07, 6.45) is -1.17. The van der Waals surface area contributed by atoms with Crippen molar-refractivity contribution in [2.75, 3.05) is 177 Å². The fourth-order valence-corrected chi connectivity index (χ4v) is 27.0. The van der Waals surface area contributed by atoms with Crippen LogP contribution >= 0.6 is 45.3 Å². The average Bonchev–Trinajstić information content (AvgIpc) is 1.62. The van der Waals surface area contributed by atoms with Gasteiger partial charge in [0.25, 0.3) is 40.1 Å². The van der Waals surface area contributed by atoms with Crippen molar-refractivity contribution in [3.63, 3.8) is 0 Å². The number of rotatable bonds is 24. The molecular formula is C84H116N12O16S8. The van der Waals surface area contributed by atoms with E-state index in [1.807, 2.05) is 97.1 Å². The Labute approximate surface area is 723 Å². The quantitative estimate of drug-likeness (QED) is 0.0337. The Balaban J connectivity index is 0.000000138. The van der Waals surface area contributed by atoms with Gasteiger partial charge in [-0.25, -0.2) is 33.7 Å². The highest BCUT2D eigenvalue weighted by Gasteiger charge is 2.44. The van der Waals surface area contributed by atoms with E-state index in [1.54, 1.807) is 143 Å². The van der Waals surface area contributed by atoms with Gasteiger partial charge in [-0.15, -0.1) is 45.3 Å². The number of aliphatic hydroxyl groups is 8. The first kappa shape index (κ1) is 91.7. The van der Waals surface area contributed by atoms with Crippen LogP contribution in [0.4, 0.5) is 22.7 Å². The molecule has 36 heteroatoms. The van der Waals surface area contributed by atoms with Crippen LogP contribution in [-0.4, -0.2) is 317 Å². The van der Waals surface area contributed by atoms with Gasteiger partial charge in [-0.2, -0.15) is 17.2 Å². The zero-order valence-electron chi connectivity index (χ0n) is 69.2. The Morgan fingerprint density at radius 1 is 0.275 bits per heavy atom. The molecule has 4 aromatic carbocycles. The Kier molecular flexibility index (Phi) is 28.8. The van der Waals surface area contributed by atoms with Crippen molar-refractivity contribution in [2.24, 2.45) is 0 Å². The van der Waals surface area contributed by atoms with Crippen LogP contribution in [0.1, 0.15) is 77.6 Å². The number of sulfonamides is 4. The lowest BCUT2D eigenvalue weighted by molar-refractivity contribution is -0.00321. The van der Waals surface area contributed by atoms with Gasteiger partial charge in [-0.3, -0.25) is 19.6 Å². The molecule has 0 unspecified atom stereocenters. The number of thiophene rings is 4. The maximum absolute atomic E-state index is 13.0. The Hall–Kier alpha value is -5.96. The number of nitrogens with zero attached hydrogens (tertiary/aromatic N) is 12. The van der Waals surface area contributed by atoms with Crippen LogP contribution in [0.3, 0.4) is 0 Å². The van der Waals surface area contributed by atoms with E-state index in [2.05, 4.69) is 39.2 Å². The second-order valence-electron chi connectivity index (χ2n) is 34.5. The summed E-state index contributed by atoms with van der Waals surface area (Å²) < 4.78 is 112. The van der Waals surface area contributed by atoms with Crippen molar-refractivity contribution in [1.29, 1.82) is 0 Å².